The minimum Gasteiger partial charge on any atom is -0.398 e. The Labute approximate surface area is 109 Å². The maximum absolute atomic E-state index is 12.2. The number of amides is 1. The summed E-state index contributed by atoms with van der Waals surface area (Å²) < 4.78 is 0. The van der Waals surface area contributed by atoms with Crippen LogP contribution in [0.25, 0.3) is 0 Å². The summed E-state index contributed by atoms with van der Waals surface area (Å²) in [4.78, 5) is 12.2. The zero-order valence-electron chi connectivity index (χ0n) is 11.8. The maximum atomic E-state index is 12.2. The van der Waals surface area contributed by atoms with E-state index in [1.165, 1.54) is 0 Å². The number of nitrogens with one attached hydrogen (secondary N) is 1. The van der Waals surface area contributed by atoms with Crippen molar-refractivity contribution in [3.05, 3.63) is 29.3 Å². The minimum absolute atomic E-state index is 0.0730. The second kappa shape index (κ2) is 3.74. The lowest BCUT2D eigenvalue weighted by Crippen LogP contribution is -2.30. The lowest BCUT2D eigenvalue weighted by molar-refractivity contribution is 0.0944. The van der Waals surface area contributed by atoms with Crippen molar-refractivity contribution in [1.29, 1.82) is 0 Å². The molecule has 0 aliphatic heterocycles. The van der Waals surface area contributed by atoms with Crippen LogP contribution in [0.4, 0.5) is 5.69 Å². The first-order valence-corrected chi connectivity index (χ1v) is 6.35. The van der Waals surface area contributed by atoms with E-state index in [1.54, 1.807) is 6.07 Å². The molecule has 18 heavy (non-hydrogen) atoms. The fourth-order valence-corrected chi connectivity index (χ4v) is 2.65. The molecule has 0 aromatic heterocycles. The molecular formula is C15H22N2O. The molecule has 1 amide bonds. The quantitative estimate of drug-likeness (QED) is 0.788. The van der Waals surface area contributed by atoms with Crippen molar-refractivity contribution >= 4 is 11.6 Å². The Hall–Kier alpha value is -1.51. The van der Waals surface area contributed by atoms with Crippen molar-refractivity contribution in [2.75, 3.05) is 5.73 Å². The molecule has 0 atom stereocenters. The van der Waals surface area contributed by atoms with Crippen molar-refractivity contribution in [3.63, 3.8) is 0 Å². The van der Waals surface area contributed by atoms with Gasteiger partial charge in [0.05, 0.1) is 5.56 Å². The van der Waals surface area contributed by atoms with E-state index >= 15 is 0 Å². The summed E-state index contributed by atoms with van der Waals surface area (Å²) in [5, 5.41) is 3.09. The van der Waals surface area contributed by atoms with Gasteiger partial charge in [-0.25, -0.2) is 0 Å². The number of nitrogens with two attached hydrogens (primary N) is 1. The molecule has 3 N–H and O–H groups in total. The van der Waals surface area contributed by atoms with Crippen LogP contribution < -0.4 is 11.1 Å². The number of benzene rings is 1. The third kappa shape index (κ3) is 1.78. The van der Waals surface area contributed by atoms with E-state index in [2.05, 4.69) is 33.0 Å². The smallest absolute Gasteiger partial charge is 0.253 e. The number of carbonyl (C=O) groups is 1. The molecule has 1 aliphatic rings. The number of nitrogen functional groups attached to an aromatic ring is 1. The van der Waals surface area contributed by atoms with Crippen molar-refractivity contribution in [3.8, 4) is 0 Å². The lowest BCUT2D eigenvalue weighted by atomic mass is 10.0. The molecular weight excluding hydrogens is 224 g/mol. The Bertz CT molecular complexity index is 489. The summed E-state index contributed by atoms with van der Waals surface area (Å²) in [7, 11) is 0. The summed E-state index contributed by atoms with van der Waals surface area (Å²) >= 11 is 0. The summed E-state index contributed by atoms with van der Waals surface area (Å²) in [6.45, 7) is 10.7. The summed E-state index contributed by atoms with van der Waals surface area (Å²) in [5.41, 5.74) is 8.35. The topological polar surface area (TPSA) is 55.1 Å². The predicted molar refractivity (Wildman–Crippen MR) is 74.4 cm³/mol. The average molecular weight is 246 g/mol. The Morgan fingerprint density at radius 1 is 1.22 bits per heavy atom. The minimum atomic E-state index is -0.0730. The first-order valence-electron chi connectivity index (χ1n) is 6.35. The van der Waals surface area contributed by atoms with Crippen LogP contribution in [0.15, 0.2) is 18.2 Å². The van der Waals surface area contributed by atoms with E-state index < -0.39 is 0 Å². The highest BCUT2D eigenvalue weighted by Gasteiger charge is 2.65. The maximum Gasteiger partial charge on any atom is 0.253 e. The Kier molecular flexibility index (Phi) is 2.69. The number of rotatable bonds is 2. The van der Waals surface area contributed by atoms with E-state index in [9.17, 15) is 4.79 Å². The standard InChI is InChI=1S/C15H22N2O/c1-9-6-7-10(11(16)8-9)12(18)17-13-14(2,3)15(13,4)5/h6-8,13H,16H2,1-5H3,(H,17,18). The van der Waals surface area contributed by atoms with Gasteiger partial charge in [0, 0.05) is 11.7 Å². The normalized spacial score (nSPS) is 20.5. The van der Waals surface area contributed by atoms with Gasteiger partial charge in [0.25, 0.3) is 5.91 Å². The van der Waals surface area contributed by atoms with Crippen LogP contribution in [0, 0.1) is 17.8 Å². The fraction of sp³-hybridized carbons (Fsp3) is 0.533. The van der Waals surface area contributed by atoms with Gasteiger partial charge in [-0.2, -0.15) is 0 Å². The molecule has 0 spiro atoms. The van der Waals surface area contributed by atoms with Crippen LogP contribution in [0.3, 0.4) is 0 Å². The molecule has 0 unspecified atom stereocenters. The van der Waals surface area contributed by atoms with Crippen molar-refractivity contribution < 1.29 is 4.79 Å². The Morgan fingerprint density at radius 2 is 1.78 bits per heavy atom. The van der Waals surface area contributed by atoms with Crippen LogP contribution >= 0.6 is 0 Å². The van der Waals surface area contributed by atoms with Gasteiger partial charge >= 0.3 is 0 Å². The van der Waals surface area contributed by atoms with E-state index in [4.69, 9.17) is 5.73 Å². The van der Waals surface area contributed by atoms with Gasteiger partial charge < -0.3 is 11.1 Å². The van der Waals surface area contributed by atoms with E-state index in [0.717, 1.165) is 5.56 Å². The van der Waals surface area contributed by atoms with Gasteiger partial charge in [-0.1, -0.05) is 33.8 Å². The van der Waals surface area contributed by atoms with Gasteiger partial charge in [-0.15, -0.1) is 0 Å². The first kappa shape index (κ1) is 12.9. The highest BCUT2D eigenvalue weighted by Crippen LogP contribution is 2.62. The molecule has 1 saturated carbocycles. The summed E-state index contributed by atoms with van der Waals surface area (Å²) in [6.07, 6.45) is 0. The number of carbonyl (C=O) groups excluding carboxylic acids is 1. The third-order valence-corrected chi connectivity index (χ3v) is 4.75. The zero-order chi connectivity index (χ0) is 13.7. The Morgan fingerprint density at radius 3 is 2.22 bits per heavy atom. The van der Waals surface area contributed by atoms with Gasteiger partial charge in [-0.3, -0.25) is 4.79 Å². The number of hydrogen-bond acceptors (Lipinski definition) is 2. The second-order valence-corrected chi connectivity index (χ2v) is 6.44. The molecule has 1 fully saturated rings. The molecule has 0 bridgehead atoms. The van der Waals surface area contributed by atoms with Crippen molar-refractivity contribution in [1.82, 2.24) is 5.32 Å². The average Bonchev–Trinajstić information content (AvgIpc) is 2.60. The number of hydrogen-bond donors (Lipinski definition) is 2. The number of anilines is 1. The monoisotopic (exact) mass is 246 g/mol. The second-order valence-electron chi connectivity index (χ2n) is 6.44. The molecule has 3 nitrogen and oxygen atoms in total. The predicted octanol–water partition coefficient (Wildman–Crippen LogP) is 2.74. The molecule has 1 aliphatic carbocycles. The van der Waals surface area contributed by atoms with Crippen LogP contribution in [0.2, 0.25) is 0 Å². The SMILES string of the molecule is Cc1ccc(C(=O)NC2C(C)(C)C2(C)C)c(N)c1. The molecule has 3 heteroatoms. The van der Waals surface area contributed by atoms with Crippen LogP contribution in [-0.2, 0) is 0 Å². The highest BCUT2D eigenvalue weighted by molar-refractivity contribution is 5.99. The van der Waals surface area contributed by atoms with Crippen LogP contribution in [0.5, 0.6) is 0 Å². The Balaban J connectivity index is 2.15. The molecule has 1 aromatic rings. The third-order valence-electron chi connectivity index (χ3n) is 4.75. The van der Waals surface area contributed by atoms with E-state index in [-0.39, 0.29) is 22.8 Å². The van der Waals surface area contributed by atoms with Gasteiger partial charge in [0.2, 0.25) is 0 Å². The zero-order valence-corrected chi connectivity index (χ0v) is 11.8. The van der Waals surface area contributed by atoms with Crippen molar-refractivity contribution in [2.45, 2.75) is 40.7 Å². The summed E-state index contributed by atoms with van der Waals surface area (Å²) in [5.74, 6) is -0.0730. The highest BCUT2D eigenvalue weighted by atomic mass is 16.1. The molecule has 0 heterocycles. The molecule has 0 saturated heterocycles. The van der Waals surface area contributed by atoms with Gasteiger partial charge in [0.1, 0.15) is 0 Å². The van der Waals surface area contributed by atoms with Crippen LogP contribution in [-0.4, -0.2) is 11.9 Å². The molecule has 1 aromatic carbocycles. The first-order chi connectivity index (χ1) is 8.18. The lowest BCUT2D eigenvalue weighted by Gasteiger charge is -2.09. The fourth-order valence-electron chi connectivity index (χ4n) is 2.65. The largest absolute Gasteiger partial charge is 0.398 e. The van der Waals surface area contributed by atoms with Gasteiger partial charge in [-0.05, 0) is 35.4 Å². The van der Waals surface area contributed by atoms with Crippen molar-refractivity contribution in [2.24, 2.45) is 10.8 Å². The molecule has 98 valence electrons. The van der Waals surface area contributed by atoms with E-state index in [1.807, 2.05) is 19.1 Å². The molecule has 0 radical (unpaired) electrons. The van der Waals surface area contributed by atoms with E-state index in [0.29, 0.717) is 11.3 Å². The molecule has 2 rings (SSSR count). The number of aryl methyl sites for hydroxylation is 1. The van der Waals surface area contributed by atoms with Gasteiger partial charge in [0.15, 0.2) is 0 Å². The summed E-state index contributed by atoms with van der Waals surface area (Å²) in [6, 6.07) is 5.74. The van der Waals surface area contributed by atoms with Crippen LogP contribution in [0.1, 0.15) is 43.6 Å².